The lowest BCUT2D eigenvalue weighted by molar-refractivity contribution is 0.0697. The van der Waals surface area contributed by atoms with Gasteiger partial charge in [-0.3, -0.25) is 5.32 Å². The number of H-pyrrole nitrogens is 1. The Morgan fingerprint density at radius 1 is 1.23 bits per heavy atom. The third-order valence-electron chi connectivity index (χ3n) is 5.91. The van der Waals surface area contributed by atoms with E-state index >= 15 is 0 Å². The number of nitrogens with one attached hydrogen (secondary N) is 2. The second kappa shape index (κ2) is 8.35. The molecule has 0 spiro atoms. The summed E-state index contributed by atoms with van der Waals surface area (Å²) in [6.45, 7) is 7.73. The van der Waals surface area contributed by atoms with Gasteiger partial charge in [0.05, 0.1) is 22.3 Å². The minimum absolute atomic E-state index is 0.281. The molecule has 4 rings (SSSR count). The standard InChI is InChI=1S/C21H29N7O2/c1-4-14(5-2)28-7-6-22-21(28)25-20-23-16-12-15(19(29)30)18(13-17(16)24-20)27-10-8-26(3)9-11-27/h6-7,12-14H,4-5,8-11H2,1-3H3,(H,29,30)(H2,22,23,24,25). The molecule has 0 amide bonds. The minimum atomic E-state index is -0.937. The van der Waals surface area contributed by atoms with Crippen molar-refractivity contribution in [3.8, 4) is 0 Å². The van der Waals surface area contributed by atoms with E-state index in [1.807, 2.05) is 12.3 Å². The second-order valence-electron chi connectivity index (χ2n) is 7.82. The average molecular weight is 412 g/mol. The first-order chi connectivity index (χ1) is 14.5. The lowest BCUT2D eigenvalue weighted by Crippen LogP contribution is -2.45. The maximum absolute atomic E-state index is 11.9. The Labute approximate surface area is 175 Å². The van der Waals surface area contributed by atoms with Gasteiger partial charge in [0.1, 0.15) is 0 Å². The van der Waals surface area contributed by atoms with Gasteiger partial charge < -0.3 is 24.5 Å². The quantitative estimate of drug-likeness (QED) is 0.548. The average Bonchev–Trinajstić information content (AvgIpc) is 3.35. The molecule has 1 aliphatic heterocycles. The molecule has 0 radical (unpaired) electrons. The summed E-state index contributed by atoms with van der Waals surface area (Å²) in [5.41, 5.74) is 2.44. The Morgan fingerprint density at radius 2 is 1.97 bits per heavy atom. The van der Waals surface area contributed by atoms with E-state index in [1.54, 1.807) is 12.3 Å². The summed E-state index contributed by atoms with van der Waals surface area (Å²) in [5.74, 6) is 0.336. The van der Waals surface area contributed by atoms with E-state index in [1.165, 1.54) is 0 Å². The van der Waals surface area contributed by atoms with Gasteiger partial charge in [0.2, 0.25) is 11.9 Å². The largest absolute Gasteiger partial charge is 0.478 e. The smallest absolute Gasteiger partial charge is 0.337 e. The normalized spacial score (nSPS) is 15.3. The molecule has 9 heteroatoms. The fourth-order valence-corrected chi connectivity index (χ4v) is 4.08. The molecular weight excluding hydrogens is 382 g/mol. The van der Waals surface area contributed by atoms with Gasteiger partial charge in [0.15, 0.2) is 0 Å². The summed E-state index contributed by atoms with van der Waals surface area (Å²) in [5, 5.41) is 13.0. The molecule has 9 nitrogen and oxygen atoms in total. The van der Waals surface area contributed by atoms with Crippen molar-refractivity contribution in [1.29, 1.82) is 0 Å². The van der Waals surface area contributed by atoms with Crippen LogP contribution in [0.1, 0.15) is 43.1 Å². The van der Waals surface area contributed by atoms with Gasteiger partial charge in [-0.25, -0.2) is 14.8 Å². The zero-order chi connectivity index (χ0) is 21.3. The highest BCUT2D eigenvalue weighted by Crippen LogP contribution is 2.29. The zero-order valence-corrected chi connectivity index (χ0v) is 17.7. The third-order valence-corrected chi connectivity index (χ3v) is 5.91. The number of likely N-dealkylation sites (N-methyl/N-ethyl adjacent to an activating group) is 1. The van der Waals surface area contributed by atoms with Crippen LogP contribution in [-0.4, -0.2) is 68.7 Å². The van der Waals surface area contributed by atoms with E-state index in [0.717, 1.165) is 56.2 Å². The van der Waals surface area contributed by atoms with E-state index in [0.29, 0.717) is 17.5 Å². The fourth-order valence-electron chi connectivity index (χ4n) is 4.08. The molecule has 2 aromatic heterocycles. The molecule has 3 N–H and O–H groups in total. The number of imidazole rings is 2. The highest BCUT2D eigenvalue weighted by atomic mass is 16.4. The molecule has 1 saturated heterocycles. The zero-order valence-electron chi connectivity index (χ0n) is 17.7. The summed E-state index contributed by atoms with van der Waals surface area (Å²) < 4.78 is 2.12. The van der Waals surface area contributed by atoms with Crippen LogP contribution in [-0.2, 0) is 0 Å². The minimum Gasteiger partial charge on any atom is -0.478 e. The molecule has 160 valence electrons. The van der Waals surface area contributed by atoms with Crippen molar-refractivity contribution < 1.29 is 9.90 Å². The lowest BCUT2D eigenvalue weighted by Gasteiger charge is -2.34. The predicted molar refractivity (Wildman–Crippen MR) is 118 cm³/mol. The van der Waals surface area contributed by atoms with Crippen molar-refractivity contribution in [2.75, 3.05) is 43.4 Å². The van der Waals surface area contributed by atoms with Crippen molar-refractivity contribution in [3.05, 3.63) is 30.1 Å². The van der Waals surface area contributed by atoms with Crippen molar-refractivity contribution in [3.63, 3.8) is 0 Å². The summed E-state index contributed by atoms with van der Waals surface area (Å²) in [4.78, 5) is 28.6. The first-order valence-electron chi connectivity index (χ1n) is 10.5. The SMILES string of the molecule is CCC(CC)n1ccnc1Nc1nc2cc(C(=O)O)c(N3CCN(C)CC3)cc2[nH]1. The maximum Gasteiger partial charge on any atom is 0.337 e. The molecule has 3 heterocycles. The van der Waals surface area contributed by atoms with Crippen molar-refractivity contribution in [2.24, 2.45) is 0 Å². The molecular formula is C21H29N7O2. The van der Waals surface area contributed by atoms with Crippen LogP contribution in [0.3, 0.4) is 0 Å². The number of aromatic carboxylic acids is 1. The molecule has 0 atom stereocenters. The maximum atomic E-state index is 11.9. The molecule has 0 aliphatic carbocycles. The fraction of sp³-hybridized carbons (Fsp3) is 0.476. The monoisotopic (exact) mass is 411 g/mol. The van der Waals surface area contributed by atoms with E-state index in [-0.39, 0.29) is 5.56 Å². The van der Waals surface area contributed by atoms with Crippen LogP contribution in [0.15, 0.2) is 24.5 Å². The number of piperazine rings is 1. The summed E-state index contributed by atoms with van der Waals surface area (Å²) in [7, 11) is 2.08. The molecule has 1 aromatic carbocycles. The van der Waals surface area contributed by atoms with E-state index in [9.17, 15) is 9.90 Å². The number of carbonyl (C=O) groups is 1. The van der Waals surface area contributed by atoms with Gasteiger partial charge in [-0.05, 0) is 32.0 Å². The summed E-state index contributed by atoms with van der Waals surface area (Å²) in [6, 6.07) is 3.91. The first kappa shape index (κ1) is 20.2. The van der Waals surface area contributed by atoms with Crippen LogP contribution in [0.25, 0.3) is 11.0 Å². The predicted octanol–water partition coefficient (Wildman–Crippen LogP) is 3.31. The number of hydrogen-bond acceptors (Lipinski definition) is 6. The second-order valence-corrected chi connectivity index (χ2v) is 7.82. The molecule has 3 aromatic rings. The van der Waals surface area contributed by atoms with Gasteiger partial charge >= 0.3 is 5.97 Å². The van der Waals surface area contributed by atoms with Crippen molar-refractivity contribution >= 4 is 34.6 Å². The molecule has 0 bridgehead atoms. The van der Waals surface area contributed by atoms with E-state index in [2.05, 4.69) is 55.5 Å². The summed E-state index contributed by atoms with van der Waals surface area (Å²) in [6.07, 6.45) is 5.77. The number of aromatic nitrogens is 4. The van der Waals surface area contributed by atoms with Gasteiger partial charge in [0.25, 0.3) is 0 Å². The number of carboxylic acid groups (broad SMARTS) is 1. The van der Waals surface area contributed by atoms with Crippen LogP contribution in [0.4, 0.5) is 17.6 Å². The Hall–Kier alpha value is -3.07. The number of nitrogens with zero attached hydrogens (tertiary/aromatic N) is 5. The van der Waals surface area contributed by atoms with Gasteiger partial charge in [0, 0.05) is 44.6 Å². The third kappa shape index (κ3) is 3.85. The van der Waals surface area contributed by atoms with Crippen LogP contribution in [0.5, 0.6) is 0 Å². The van der Waals surface area contributed by atoms with E-state index in [4.69, 9.17) is 0 Å². The first-order valence-corrected chi connectivity index (χ1v) is 10.5. The highest BCUT2D eigenvalue weighted by Gasteiger charge is 2.22. The lowest BCUT2D eigenvalue weighted by atomic mass is 10.1. The number of carboxylic acids is 1. The number of anilines is 3. The number of aromatic amines is 1. The van der Waals surface area contributed by atoms with Crippen molar-refractivity contribution in [1.82, 2.24) is 24.4 Å². The molecule has 0 unspecified atom stereocenters. The Morgan fingerprint density at radius 3 is 2.63 bits per heavy atom. The number of benzene rings is 1. The van der Waals surface area contributed by atoms with Crippen LogP contribution in [0, 0.1) is 0 Å². The van der Waals surface area contributed by atoms with Crippen molar-refractivity contribution in [2.45, 2.75) is 32.7 Å². The van der Waals surface area contributed by atoms with Crippen LogP contribution in [0.2, 0.25) is 0 Å². The molecule has 1 aliphatic rings. The van der Waals surface area contributed by atoms with Gasteiger partial charge in [-0.2, -0.15) is 0 Å². The Kier molecular flexibility index (Phi) is 5.63. The Bertz CT molecular complexity index is 1030. The molecule has 0 saturated carbocycles. The molecule has 30 heavy (non-hydrogen) atoms. The number of hydrogen-bond donors (Lipinski definition) is 3. The van der Waals surface area contributed by atoms with E-state index < -0.39 is 5.97 Å². The van der Waals surface area contributed by atoms with Gasteiger partial charge in [-0.15, -0.1) is 0 Å². The van der Waals surface area contributed by atoms with Crippen LogP contribution < -0.4 is 10.2 Å². The topological polar surface area (TPSA) is 102 Å². The van der Waals surface area contributed by atoms with Crippen LogP contribution >= 0.6 is 0 Å². The molecule has 1 fully saturated rings. The van der Waals surface area contributed by atoms with Gasteiger partial charge in [-0.1, -0.05) is 13.8 Å². The summed E-state index contributed by atoms with van der Waals surface area (Å²) >= 11 is 0. The highest BCUT2D eigenvalue weighted by molar-refractivity contribution is 6.00. The Balaban J connectivity index is 1.66. The number of rotatable bonds is 7. The number of fused-ring (bicyclic) bond motifs is 1.